The number of fused-ring (bicyclic) bond motifs is 1. The summed E-state index contributed by atoms with van der Waals surface area (Å²) in [5.74, 6) is -0.199. The number of benzene rings is 1. The number of hydrogen-bond donors (Lipinski definition) is 3. The van der Waals surface area contributed by atoms with Crippen LogP contribution >= 0.6 is 0 Å². The molecule has 0 radical (unpaired) electrons. The lowest BCUT2D eigenvalue weighted by molar-refractivity contribution is 0.0450. The summed E-state index contributed by atoms with van der Waals surface area (Å²) in [6.45, 7) is -0.290. The van der Waals surface area contributed by atoms with E-state index in [-0.39, 0.29) is 19.2 Å². The molecule has 0 saturated heterocycles. The van der Waals surface area contributed by atoms with Crippen LogP contribution in [0.4, 0.5) is 0 Å². The van der Waals surface area contributed by atoms with Crippen LogP contribution in [0.25, 0.3) is 0 Å². The Labute approximate surface area is 92.9 Å². The monoisotopic (exact) mass is 226 g/mol. The molecule has 3 N–H and O–H groups in total. The number of carbonyl (C=O) groups excluding carboxylic acids is 1. The Morgan fingerprint density at radius 3 is 2.38 bits per heavy atom. The number of cyclic esters (lactones) is 1. The van der Waals surface area contributed by atoms with Gasteiger partial charge in [0.2, 0.25) is 0 Å². The van der Waals surface area contributed by atoms with E-state index in [1.54, 1.807) is 6.07 Å². The topological polar surface area (TPSA) is 87.0 Å². The maximum atomic E-state index is 10.8. The zero-order chi connectivity index (χ0) is 12.0. The van der Waals surface area contributed by atoms with E-state index in [1.807, 2.05) is 18.2 Å². The van der Waals surface area contributed by atoms with Gasteiger partial charge < -0.3 is 20.1 Å². The van der Waals surface area contributed by atoms with Crippen LogP contribution in [-0.4, -0.2) is 40.6 Å². The van der Waals surface area contributed by atoms with Gasteiger partial charge in [-0.2, -0.15) is 0 Å². The predicted molar refractivity (Wildman–Crippen MR) is 55.7 cm³/mol. The highest BCUT2D eigenvalue weighted by Crippen LogP contribution is 2.17. The van der Waals surface area contributed by atoms with Gasteiger partial charge in [-0.25, -0.2) is 4.79 Å². The first-order valence-electron chi connectivity index (χ1n) is 4.83. The van der Waals surface area contributed by atoms with Crippen molar-refractivity contribution in [2.24, 2.45) is 0 Å². The Hall–Kier alpha value is -1.43. The molecule has 0 saturated carbocycles. The van der Waals surface area contributed by atoms with Crippen molar-refractivity contribution < 1.29 is 24.9 Å². The minimum atomic E-state index is -0.954. The Balaban J connectivity index is 0.000000187. The second kappa shape index (κ2) is 6.22. The standard InChI is InChI=1S/C8H6O2.C3H8O3/c9-8-7-4-2-1-3-6(7)5-10-8;4-1-3(6)2-5/h1-4H,5H2;3-6H,1-2H2. The zero-order valence-corrected chi connectivity index (χ0v) is 8.67. The largest absolute Gasteiger partial charge is 0.457 e. The second-order valence-corrected chi connectivity index (χ2v) is 3.25. The summed E-state index contributed by atoms with van der Waals surface area (Å²) in [4.78, 5) is 10.8. The molecule has 0 atom stereocenters. The third-order valence-corrected chi connectivity index (χ3v) is 2.02. The minimum absolute atomic E-state index is 0.199. The molecule has 2 rings (SSSR count). The second-order valence-electron chi connectivity index (χ2n) is 3.25. The van der Waals surface area contributed by atoms with Crippen LogP contribution in [0.2, 0.25) is 0 Å². The zero-order valence-electron chi connectivity index (χ0n) is 8.67. The number of rotatable bonds is 2. The van der Waals surface area contributed by atoms with E-state index in [4.69, 9.17) is 20.1 Å². The van der Waals surface area contributed by atoms with E-state index in [0.717, 1.165) is 5.56 Å². The molecule has 0 unspecified atom stereocenters. The van der Waals surface area contributed by atoms with Crippen molar-refractivity contribution in [2.45, 2.75) is 12.7 Å². The van der Waals surface area contributed by atoms with Gasteiger partial charge in [0.1, 0.15) is 12.7 Å². The van der Waals surface area contributed by atoms with Crippen LogP contribution in [-0.2, 0) is 11.3 Å². The van der Waals surface area contributed by atoms with Gasteiger partial charge in [-0.15, -0.1) is 0 Å². The Morgan fingerprint density at radius 1 is 1.25 bits per heavy atom. The lowest BCUT2D eigenvalue weighted by Crippen LogP contribution is -2.15. The predicted octanol–water partition coefficient (Wildman–Crippen LogP) is -0.311. The Bertz CT molecular complexity index is 346. The van der Waals surface area contributed by atoms with Crippen LogP contribution in [0.3, 0.4) is 0 Å². The maximum absolute atomic E-state index is 10.8. The fourth-order valence-corrected chi connectivity index (χ4v) is 1.12. The molecule has 1 aliphatic heterocycles. The molecular formula is C11H14O5. The molecule has 16 heavy (non-hydrogen) atoms. The van der Waals surface area contributed by atoms with Crippen LogP contribution in [0.15, 0.2) is 24.3 Å². The van der Waals surface area contributed by atoms with Crippen molar-refractivity contribution in [1.29, 1.82) is 0 Å². The first-order chi connectivity index (χ1) is 7.69. The Kier molecular flexibility index (Phi) is 4.91. The van der Waals surface area contributed by atoms with Crippen molar-refractivity contribution in [3.8, 4) is 0 Å². The first-order valence-corrected chi connectivity index (χ1v) is 4.83. The van der Waals surface area contributed by atoms with E-state index >= 15 is 0 Å². The molecule has 1 aromatic rings. The molecule has 0 bridgehead atoms. The summed E-state index contributed by atoms with van der Waals surface area (Å²) in [7, 11) is 0. The quantitative estimate of drug-likeness (QED) is 0.602. The van der Waals surface area contributed by atoms with E-state index < -0.39 is 6.10 Å². The number of hydrogen-bond acceptors (Lipinski definition) is 5. The third kappa shape index (κ3) is 3.30. The lowest BCUT2D eigenvalue weighted by Gasteiger charge is -1.96. The van der Waals surface area contributed by atoms with E-state index in [0.29, 0.717) is 12.2 Å². The average molecular weight is 226 g/mol. The summed E-state index contributed by atoms with van der Waals surface area (Å²) in [5, 5.41) is 24.0. The molecule has 0 amide bonds. The van der Waals surface area contributed by atoms with Gasteiger partial charge in [0, 0.05) is 5.56 Å². The third-order valence-electron chi connectivity index (χ3n) is 2.02. The van der Waals surface area contributed by atoms with Gasteiger partial charge in [-0.05, 0) is 6.07 Å². The molecule has 0 aromatic heterocycles. The molecular weight excluding hydrogens is 212 g/mol. The molecule has 1 aliphatic rings. The van der Waals surface area contributed by atoms with Gasteiger partial charge >= 0.3 is 5.97 Å². The first kappa shape index (κ1) is 12.6. The molecule has 0 fully saturated rings. The fraction of sp³-hybridized carbons (Fsp3) is 0.364. The molecule has 0 aliphatic carbocycles. The summed E-state index contributed by atoms with van der Waals surface area (Å²) in [6, 6.07) is 7.43. The highest BCUT2D eigenvalue weighted by molar-refractivity contribution is 5.93. The Morgan fingerprint density at radius 2 is 1.88 bits per heavy atom. The summed E-state index contributed by atoms with van der Waals surface area (Å²) < 4.78 is 4.78. The van der Waals surface area contributed by atoms with Gasteiger partial charge in [0.15, 0.2) is 0 Å². The van der Waals surface area contributed by atoms with Gasteiger partial charge in [0.05, 0.1) is 18.8 Å². The van der Waals surface area contributed by atoms with Crippen LogP contribution in [0.1, 0.15) is 15.9 Å². The highest BCUT2D eigenvalue weighted by Gasteiger charge is 2.18. The van der Waals surface area contributed by atoms with Gasteiger partial charge in [0.25, 0.3) is 0 Å². The molecule has 88 valence electrons. The number of aliphatic hydroxyl groups excluding tert-OH is 3. The summed E-state index contributed by atoms with van der Waals surface area (Å²) in [5.41, 5.74) is 1.70. The fourth-order valence-electron chi connectivity index (χ4n) is 1.12. The SMILES string of the molecule is O=C1OCc2ccccc21.OCC(O)CO. The van der Waals surface area contributed by atoms with Crippen LogP contribution in [0, 0.1) is 0 Å². The molecule has 5 nitrogen and oxygen atoms in total. The molecule has 5 heteroatoms. The van der Waals surface area contributed by atoms with E-state index in [2.05, 4.69) is 0 Å². The highest BCUT2D eigenvalue weighted by atomic mass is 16.5. The molecule has 1 aromatic carbocycles. The summed E-state index contributed by atoms with van der Waals surface area (Å²) >= 11 is 0. The van der Waals surface area contributed by atoms with Crippen molar-refractivity contribution in [3.63, 3.8) is 0 Å². The summed E-state index contributed by atoms with van der Waals surface area (Å²) in [6.07, 6.45) is -0.954. The number of ether oxygens (including phenoxy) is 1. The number of esters is 1. The smallest absolute Gasteiger partial charge is 0.338 e. The van der Waals surface area contributed by atoms with E-state index in [9.17, 15) is 4.79 Å². The molecule has 1 heterocycles. The van der Waals surface area contributed by atoms with Crippen molar-refractivity contribution in [3.05, 3.63) is 35.4 Å². The normalized spacial score (nSPS) is 12.9. The minimum Gasteiger partial charge on any atom is -0.457 e. The molecule has 0 spiro atoms. The van der Waals surface area contributed by atoms with Crippen molar-refractivity contribution >= 4 is 5.97 Å². The number of carbonyl (C=O) groups is 1. The van der Waals surface area contributed by atoms with E-state index in [1.165, 1.54) is 0 Å². The average Bonchev–Trinajstić information content (AvgIpc) is 2.72. The number of aliphatic hydroxyl groups is 3. The van der Waals surface area contributed by atoms with Crippen LogP contribution < -0.4 is 0 Å². The van der Waals surface area contributed by atoms with Crippen LogP contribution in [0.5, 0.6) is 0 Å². The maximum Gasteiger partial charge on any atom is 0.338 e. The van der Waals surface area contributed by atoms with Crippen molar-refractivity contribution in [2.75, 3.05) is 13.2 Å². The lowest BCUT2D eigenvalue weighted by atomic mass is 10.1. The van der Waals surface area contributed by atoms with Gasteiger partial charge in [-0.1, -0.05) is 18.2 Å². The van der Waals surface area contributed by atoms with Gasteiger partial charge in [-0.3, -0.25) is 0 Å². The van der Waals surface area contributed by atoms with Crippen molar-refractivity contribution in [1.82, 2.24) is 0 Å².